The van der Waals surface area contributed by atoms with Gasteiger partial charge in [0, 0.05) is 12.7 Å². The highest BCUT2D eigenvalue weighted by Crippen LogP contribution is 2.18. The fraction of sp³-hybridized carbons (Fsp3) is 0.538. The van der Waals surface area contributed by atoms with Crippen LogP contribution in [0.5, 0.6) is 0 Å². The second-order valence-electron chi connectivity index (χ2n) is 4.53. The van der Waals surface area contributed by atoms with Gasteiger partial charge in [-0.2, -0.15) is 0 Å². The van der Waals surface area contributed by atoms with Crippen LogP contribution in [0.4, 0.5) is 0 Å². The summed E-state index contributed by atoms with van der Waals surface area (Å²) in [4.78, 5) is 18.2. The third kappa shape index (κ3) is 2.82. The maximum atomic E-state index is 12.4. The van der Waals surface area contributed by atoms with E-state index in [-0.39, 0.29) is 18.1 Å². The van der Waals surface area contributed by atoms with Gasteiger partial charge < -0.3 is 9.64 Å². The first-order valence-electron chi connectivity index (χ1n) is 6.16. The van der Waals surface area contributed by atoms with Gasteiger partial charge in [0.25, 0.3) is 5.91 Å². The topological polar surface area (TPSA) is 42.4 Å². The number of aromatic nitrogens is 1. The number of hydrogen-bond donors (Lipinski definition) is 0. The molecule has 0 radical (unpaired) electrons. The summed E-state index contributed by atoms with van der Waals surface area (Å²) in [5.41, 5.74) is 0.576. The second kappa shape index (κ2) is 5.67. The number of hydrogen-bond acceptors (Lipinski definition) is 3. The number of amides is 1. The molecular weight excluding hydrogens is 252 g/mol. The summed E-state index contributed by atoms with van der Waals surface area (Å²) < 4.78 is 5.59. The minimum absolute atomic E-state index is 0.00108. The molecule has 0 N–H and O–H groups in total. The van der Waals surface area contributed by atoms with E-state index in [4.69, 9.17) is 16.3 Å². The Hall–Kier alpha value is -1.13. The van der Waals surface area contributed by atoms with Crippen molar-refractivity contribution in [3.8, 4) is 0 Å². The predicted octanol–water partition coefficient (Wildman–Crippen LogP) is 2.37. The molecule has 2 rings (SSSR count). The van der Waals surface area contributed by atoms with E-state index >= 15 is 0 Å². The van der Waals surface area contributed by atoms with Gasteiger partial charge in [-0.05, 0) is 25.5 Å². The Morgan fingerprint density at radius 3 is 3.00 bits per heavy atom. The van der Waals surface area contributed by atoms with E-state index in [2.05, 4.69) is 11.9 Å². The van der Waals surface area contributed by atoms with Gasteiger partial charge in [0.2, 0.25) is 0 Å². The summed E-state index contributed by atoms with van der Waals surface area (Å²) in [6.07, 6.45) is 2.49. The van der Waals surface area contributed by atoms with Crippen LogP contribution < -0.4 is 0 Å². The first-order chi connectivity index (χ1) is 8.61. The van der Waals surface area contributed by atoms with Crippen molar-refractivity contribution >= 4 is 17.5 Å². The molecule has 2 heterocycles. The van der Waals surface area contributed by atoms with Crippen LogP contribution in [0.1, 0.15) is 30.6 Å². The number of carbonyl (C=O) groups is 1. The molecule has 1 aromatic heterocycles. The Kier molecular flexibility index (Phi) is 4.19. The van der Waals surface area contributed by atoms with Crippen LogP contribution in [0.15, 0.2) is 18.3 Å². The van der Waals surface area contributed by atoms with E-state index in [1.54, 1.807) is 12.1 Å². The van der Waals surface area contributed by atoms with Crippen molar-refractivity contribution in [1.29, 1.82) is 0 Å². The van der Waals surface area contributed by atoms with E-state index < -0.39 is 0 Å². The maximum Gasteiger partial charge on any atom is 0.255 e. The van der Waals surface area contributed by atoms with Crippen LogP contribution in [-0.2, 0) is 4.74 Å². The fourth-order valence-corrected chi connectivity index (χ4v) is 2.21. The smallest absolute Gasteiger partial charge is 0.255 e. The van der Waals surface area contributed by atoms with Gasteiger partial charge in [-0.15, -0.1) is 0 Å². The van der Waals surface area contributed by atoms with Gasteiger partial charge in [0.1, 0.15) is 5.15 Å². The molecule has 1 aliphatic rings. The molecule has 1 aliphatic heterocycles. The average Bonchev–Trinajstić information content (AvgIpc) is 2.39. The Labute approximate surface area is 112 Å². The maximum absolute atomic E-state index is 12.4. The molecule has 0 spiro atoms. The molecule has 5 heteroatoms. The number of nitrogens with zero attached hydrogens (tertiary/aromatic N) is 2. The summed E-state index contributed by atoms with van der Waals surface area (Å²) in [7, 11) is 0. The normalized spacial score (nSPS) is 24.1. The van der Waals surface area contributed by atoms with Gasteiger partial charge in [0.05, 0.1) is 24.3 Å². The average molecular weight is 269 g/mol. The lowest BCUT2D eigenvalue weighted by atomic mass is 10.1. The van der Waals surface area contributed by atoms with Crippen molar-refractivity contribution in [2.75, 3.05) is 13.2 Å². The molecule has 2 unspecified atom stereocenters. The standard InChI is InChI=1S/C13H17ClN2O2/c1-3-11-8-18-9(2)7-16(11)13(17)10-4-5-12(14)15-6-10/h4-6,9,11H,3,7-8H2,1-2H3. The Morgan fingerprint density at radius 2 is 2.39 bits per heavy atom. The van der Waals surface area contributed by atoms with Crippen LogP contribution in [0, 0.1) is 0 Å². The summed E-state index contributed by atoms with van der Waals surface area (Å²) in [6.45, 7) is 5.26. The van der Waals surface area contributed by atoms with Crippen LogP contribution >= 0.6 is 11.6 Å². The second-order valence-corrected chi connectivity index (χ2v) is 4.92. The van der Waals surface area contributed by atoms with Crippen molar-refractivity contribution in [3.05, 3.63) is 29.0 Å². The first kappa shape index (κ1) is 13.3. The zero-order valence-electron chi connectivity index (χ0n) is 10.6. The van der Waals surface area contributed by atoms with Gasteiger partial charge in [-0.3, -0.25) is 4.79 Å². The van der Waals surface area contributed by atoms with E-state index in [0.717, 1.165) is 6.42 Å². The predicted molar refractivity (Wildman–Crippen MR) is 69.8 cm³/mol. The van der Waals surface area contributed by atoms with Crippen LogP contribution in [0.3, 0.4) is 0 Å². The molecule has 1 fully saturated rings. The summed E-state index contributed by atoms with van der Waals surface area (Å²) in [5.74, 6) is 0.00108. The third-order valence-corrected chi connectivity index (χ3v) is 3.40. The van der Waals surface area contributed by atoms with Crippen molar-refractivity contribution in [2.45, 2.75) is 32.4 Å². The minimum atomic E-state index is 0.00108. The molecule has 1 aromatic rings. The lowest BCUT2D eigenvalue weighted by Gasteiger charge is -2.38. The molecule has 1 amide bonds. The number of rotatable bonds is 2. The highest BCUT2D eigenvalue weighted by atomic mass is 35.5. The monoisotopic (exact) mass is 268 g/mol. The fourth-order valence-electron chi connectivity index (χ4n) is 2.10. The minimum Gasteiger partial charge on any atom is -0.375 e. The number of morpholine rings is 1. The number of halogens is 1. The Morgan fingerprint density at radius 1 is 1.61 bits per heavy atom. The molecule has 0 bridgehead atoms. The SMILES string of the molecule is CCC1COC(C)CN1C(=O)c1ccc(Cl)nc1. The summed E-state index contributed by atoms with van der Waals surface area (Å²) in [5, 5.41) is 0.397. The van der Waals surface area contributed by atoms with E-state index in [1.165, 1.54) is 6.20 Å². The Bertz CT molecular complexity index is 422. The van der Waals surface area contributed by atoms with Crippen LogP contribution in [0.25, 0.3) is 0 Å². The molecule has 1 saturated heterocycles. The molecule has 98 valence electrons. The highest BCUT2D eigenvalue weighted by Gasteiger charge is 2.29. The van der Waals surface area contributed by atoms with Crippen molar-refractivity contribution in [2.24, 2.45) is 0 Å². The van der Waals surface area contributed by atoms with Crippen LogP contribution in [0.2, 0.25) is 5.15 Å². The zero-order valence-corrected chi connectivity index (χ0v) is 11.4. The van der Waals surface area contributed by atoms with Crippen molar-refractivity contribution in [1.82, 2.24) is 9.88 Å². The largest absolute Gasteiger partial charge is 0.375 e. The molecule has 4 nitrogen and oxygen atoms in total. The quantitative estimate of drug-likeness (QED) is 0.774. The van der Waals surface area contributed by atoms with Gasteiger partial charge in [-0.25, -0.2) is 4.98 Å². The van der Waals surface area contributed by atoms with E-state index in [0.29, 0.717) is 23.9 Å². The molecule has 0 aromatic carbocycles. The molecular formula is C13H17ClN2O2. The first-order valence-corrected chi connectivity index (χ1v) is 6.53. The highest BCUT2D eigenvalue weighted by molar-refractivity contribution is 6.29. The molecule has 0 saturated carbocycles. The molecule has 18 heavy (non-hydrogen) atoms. The summed E-state index contributed by atoms with van der Waals surface area (Å²) >= 11 is 5.73. The lowest BCUT2D eigenvalue weighted by Crippen LogP contribution is -2.51. The van der Waals surface area contributed by atoms with E-state index in [1.807, 2.05) is 11.8 Å². The number of ether oxygens (including phenoxy) is 1. The number of carbonyl (C=O) groups excluding carboxylic acids is 1. The van der Waals surface area contributed by atoms with Gasteiger partial charge in [-0.1, -0.05) is 18.5 Å². The van der Waals surface area contributed by atoms with Crippen LogP contribution in [-0.4, -0.2) is 41.1 Å². The summed E-state index contributed by atoms with van der Waals surface area (Å²) in [6, 6.07) is 3.49. The zero-order chi connectivity index (χ0) is 13.1. The van der Waals surface area contributed by atoms with Crippen molar-refractivity contribution < 1.29 is 9.53 Å². The third-order valence-electron chi connectivity index (χ3n) is 3.17. The lowest BCUT2D eigenvalue weighted by molar-refractivity contribution is -0.0444. The van der Waals surface area contributed by atoms with Gasteiger partial charge in [0.15, 0.2) is 0 Å². The van der Waals surface area contributed by atoms with E-state index in [9.17, 15) is 4.79 Å². The number of pyridine rings is 1. The molecule has 2 atom stereocenters. The van der Waals surface area contributed by atoms with Crippen molar-refractivity contribution in [3.63, 3.8) is 0 Å². The Balaban J connectivity index is 2.17. The molecule has 0 aliphatic carbocycles. The van der Waals surface area contributed by atoms with Gasteiger partial charge >= 0.3 is 0 Å².